The monoisotopic (exact) mass is 222 g/mol. The van der Waals surface area contributed by atoms with Crippen molar-refractivity contribution >= 4 is 11.4 Å². The first-order valence-electron chi connectivity index (χ1n) is 5.62. The summed E-state index contributed by atoms with van der Waals surface area (Å²) in [6, 6.07) is 7.61. The molecule has 1 fully saturated rings. The van der Waals surface area contributed by atoms with Gasteiger partial charge in [0.25, 0.3) is 0 Å². The lowest BCUT2D eigenvalue weighted by atomic mass is 9.90. The Hall–Kier alpha value is -1.26. The van der Waals surface area contributed by atoms with Gasteiger partial charge < -0.3 is 21.3 Å². The number of benzene rings is 1. The second kappa shape index (κ2) is 4.72. The lowest BCUT2D eigenvalue weighted by Gasteiger charge is -2.31. The van der Waals surface area contributed by atoms with E-state index in [0.29, 0.717) is 24.9 Å². The van der Waals surface area contributed by atoms with Gasteiger partial charge in [-0.1, -0.05) is 12.1 Å². The maximum absolute atomic E-state index is 9.57. The summed E-state index contributed by atoms with van der Waals surface area (Å²) in [5, 5.41) is 22.4. The van der Waals surface area contributed by atoms with E-state index in [9.17, 15) is 10.2 Å². The minimum atomic E-state index is -0.425. The van der Waals surface area contributed by atoms with Crippen molar-refractivity contribution in [1.29, 1.82) is 0 Å². The standard InChI is InChI=1S/C12H18N2O2/c13-11-3-1-2-4-12(11)14-8-5-9(15)7-10(16)6-8/h1-4,8-10,14-16H,5-7,13H2/t8?,9-,10+. The maximum Gasteiger partial charge on any atom is 0.0584 e. The molecule has 5 N–H and O–H groups in total. The lowest BCUT2D eigenvalue weighted by Crippen LogP contribution is -2.37. The molecule has 0 spiro atoms. The number of para-hydroxylation sites is 2. The number of hydrogen-bond acceptors (Lipinski definition) is 4. The molecule has 1 aromatic rings. The minimum absolute atomic E-state index is 0.0865. The number of nitrogens with two attached hydrogens (primary N) is 1. The smallest absolute Gasteiger partial charge is 0.0584 e. The van der Waals surface area contributed by atoms with E-state index in [1.54, 1.807) is 0 Å². The van der Waals surface area contributed by atoms with E-state index in [4.69, 9.17) is 5.73 Å². The van der Waals surface area contributed by atoms with Gasteiger partial charge in [-0.15, -0.1) is 0 Å². The first-order valence-corrected chi connectivity index (χ1v) is 5.62. The molecule has 1 saturated carbocycles. The molecular weight excluding hydrogens is 204 g/mol. The SMILES string of the molecule is Nc1ccccc1NC1C[C@@H](O)C[C@@H](O)C1. The van der Waals surface area contributed by atoms with E-state index < -0.39 is 12.2 Å². The van der Waals surface area contributed by atoms with E-state index in [1.807, 2.05) is 24.3 Å². The first-order chi connectivity index (χ1) is 7.65. The summed E-state index contributed by atoms with van der Waals surface area (Å²) >= 11 is 0. The highest BCUT2D eigenvalue weighted by molar-refractivity contribution is 5.66. The molecule has 2 rings (SSSR count). The average molecular weight is 222 g/mol. The third-order valence-corrected chi connectivity index (χ3v) is 2.98. The van der Waals surface area contributed by atoms with Crippen LogP contribution in [0.3, 0.4) is 0 Å². The first kappa shape index (κ1) is 11.2. The molecule has 1 aliphatic rings. The zero-order chi connectivity index (χ0) is 11.5. The maximum atomic E-state index is 9.57. The molecule has 3 atom stereocenters. The summed E-state index contributed by atoms with van der Waals surface area (Å²) in [6.45, 7) is 0. The van der Waals surface area contributed by atoms with E-state index in [1.165, 1.54) is 0 Å². The highest BCUT2D eigenvalue weighted by Crippen LogP contribution is 2.25. The normalized spacial score (nSPS) is 30.0. The highest BCUT2D eigenvalue weighted by atomic mass is 16.3. The van der Waals surface area contributed by atoms with E-state index in [2.05, 4.69) is 5.32 Å². The van der Waals surface area contributed by atoms with Gasteiger partial charge in [0.1, 0.15) is 0 Å². The predicted octanol–water partition coefficient (Wildman–Crippen LogP) is 0.955. The van der Waals surface area contributed by atoms with E-state index >= 15 is 0 Å². The van der Waals surface area contributed by atoms with Crippen molar-refractivity contribution in [2.45, 2.75) is 37.5 Å². The molecule has 0 radical (unpaired) electrons. The minimum Gasteiger partial charge on any atom is -0.397 e. The summed E-state index contributed by atoms with van der Waals surface area (Å²) in [4.78, 5) is 0. The number of anilines is 2. The molecular formula is C12H18N2O2. The quantitative estimate of drug-likeness (QED) is 0.562. The van der Waals surface area contributed by atoms with Crippen molar-refractivity contribution in [2.75, 3.05) is 11.1 Å². The molecule has 1 aliphatic carbocycles. The molecule has 1 unspecified atom stereocenters. The molecule has 0 bridgehead atoms. The van der Waals surface area contributed by atoms with Crippen molar-refractivity contribution < 1.29 is 10.2 Å². The van der Waals surface area contributed by atoms with E-state index in [0.717, 1.165) is 5.69 Å². The molecule has 0 aromatic heterocycles. The largest absolute Gasteiger partial charge is 0.397 e. The van der Waals surface area contributed by atoms with Crippen LogP contribution in [0.25, 0.3) is 0 Å². The van der Waals surface area contributed by atoms with Crippen LogP contribution in [0.5, 0.6) is 0 Å². The highest BCUT2D eigenvalue weighted by Gasteiger charge is 2.26. The Morgan fingerprint density at radius 1 is 1.06 bits per heavy atom. The molecule has 0 aliphatic heterocycles. The van der Waals surface area contributed by atoms with Crippen LogP contribution < -0.4 is 11.1 Å². The second-order valence-electron chi connectivity index (χ2n) is 4.44. The Morgan fingerprint density at radius 3 is 2.31 bits per heavy atom. The number of aliphatic hydroxyl groups excluding tert-OH is 2. The van der Waals surface area contributed by atoms with Gasteiger partial charge in [0.2, 0.25) is 0 Å². The van der Waals surface area contributed by atoms with Gasteiger partial charge in [-0.05, 0) is 31.4 Å². The topological polar surface area (TPSA) is 78.5 Å². The van der Waals surface area contributed by atoms with Crippen molar-refractivity contribution in [3.63, 3.8) is 0 Å². The second-order valence-corrected chi connectivity index (χ2v) is 4.44. The molecule has 4 nitrogen and oxygen atoms in total. The Balaban J connectivity index is 2.02. The van der Waals surface area contributed by atoms with Crippen LogP contribution in [0.15, 0.2) is 24.3 Å². The molecule has 1 aromatic carbocycles. The fraction of sp³-hybridized carbons (Fsp3) is 0.500. The third kappa shape index (κ3) is 2.65. The van der Waals surface area contributed by atoms with Crippen LogP contribution in [0.1, 0.15) is 19.3 Å². The number of nitrogens with one attached hydrogen (secondary N) is 1. The van der Waals surface area contributed by atoms with Gasteiger partial charge in [0, 0.05) is 6.04 Å². The Kier molecular flexibility index (Phi) is 3.31. The summed E-state index contributed by atoms with van der Waals surface area (Å²) in [6.07, 6.45) is 0.941. The van der Waals surface area contributed by atoms with Crippen LogP contribution in [0.4, 0.5) is 11.4 Å². The summed E-state index contributed by atoms with van der Waals surface area (Å²) in [5.74, 6) is 0. The van der Waals surface area contributed by atoms with Crippen LogP contribution in [-0.2, 0) is 0 Å². The van der Waals surface area contributed by atoms with E-state index in [-0.39, 0.29) is 6.04 Å². The number of aliphatic hydroxyl groups is 2. The fourth-order valence-corrected chi connectivity index (χ4v) is 2.23. The Labute approximate surface area is 95.1 Å². The molecule has 0 saturated heterocycles. The average Bonchev–Trinajstić information content (AvgIpc) is 2.20. The summed E-state index contributed by atoms with van der Waals surface area (Å²) in [7, 11) is 0. The van der Waals surface area contributed by atoms with Crippen LogP contribution in [-0.4, -0.2) is 28.5 Å². The van der Waals surface area contributed by atoms with Gasteiger partial charge in [0.05, 0.1) is 23.6 Å². The van der Waals surface area contributed by atoms with Crippen molar-refractivity contribution in [3.8, 4) is 0 Å². The van der Waals surface area contributed by atoms with Crippen LogP contribution in [0, 0.1) is 0 Å². The lowest BCUT2D eigenvalue weighted by molar-refractivity contribution is 0.0353. The molecule has 16 heavy (non-hydrogen) atoms. The third-order valence-electron chi connectivity index (χ3n) is 2.98. The van der Waals surface area contributed by atoms with Crippen molar-refractivity contribution in [2.24, 2.45) is 0 Å². The van der Waals surface area contributed by atoms with Gasteiger partial charge >= 0.3 is 0 Å². The van der Waals surface area contributed by atoms with Gasteiger partial charge in [-0.25, -0.2) is 0 Å². The fourth-order valence-electron chi connectivity index (χ4n) is 2.23. The van der Waals surface area contributed by atoms with Crippen LogP contribution in [0.2, 0.25) is 0 Å². The number of nitrogen functional groups attached to an aromatic ring is 1. The number of hydrogen-bond donors (Lipinski definition) is 4. The molecule has 0 amide bonds. The van der Waals surface area contributed by atoms with Gasteiger partial charge in [-0.3, -0.25) is 0 Å². The molecule has 88 valence electrons. The Morgan fingerprint density at radius 2 is 1.69 bits per heavy atom. The summed E-state index contributed by atoms with van der Waals surface area (Å²) in [5.41, 5.74) is 7.38. The van der Waals surface area contributed by atoms with Gasteiger partial charge in [0.15, 0.2) is 0 Å². The summed E-state index contributed by atoms with van der Waals surface area (Å²) < 4.78 is 0. The zero-order valence-corrected chi connectivity index (χ0v) is 9.13. The number of rotatable bonds is 2. The van der Waals surface area contributed by atoms with Gasteiger partial charge in [-0.2, -0.15) is 0 Å². The van der Waals surface area contributed by atoms with Crippen molar-refractivity contribution in [3.05, 3.63) is 24.3 Å². The molecule has 0 heterocycles. The Bertz CT molecular complexity index is 347. The predicted molar refractivity (Wildman–Crippen MR) is 64.1 cm³/mol. The van der Waals surface area contributed by atoms with Crippen molar-refractivity contribution in [1.82, 2.24) is 0 Å². The van der Waals surface area contributed by atoms with Crippen LogP contribution >= 0.6 is 0 Å². The molecule has 4 heteroatoms. The zero-order valence-electron chi connectivity index (χ0n) is 9.13.